The highest BCUT2D eigenvalue weighted by Gasteiger charge is 2.34. The molecule has 2 aromatic heterocycles. The average Bonchev–Trinajstić information content (AvgIpc) is 3.84. The first kappa shape index (κ1) is 32.1. The number of hydrogen-bond donors (Lipinski definition) is 0. The SMILES string of the molecule is c1ccc(-n2c3ccccc3c3c4cc(N(c5ccc(CCC6CC7CCCCC6C7)cc5)c5ccc6sc7ccccc7c6c5)ccc4ccc32)cc1. The number of fused-ring (bicyclic) bond motifs is 10. The number of hydrogen-bond acceptors (Lipinski definition) is 2. The summed E-state index contributed by atoms with van der Waals surface area (Å²) in [6.07, 6.45) is 11.3. The van der Waals surface area contributed by atoms with Crippen LogP contribution < -0.4 is 4.90 Å². The number of para-hydroxylation sites is 2. The third kappa shape index (κ3) is 5.43. The van der Waals surface area contributed by atoms with Gasteiger partial charge in [0, 0.05) is 53.7 Å². The highest BCUT2D eigenvalue weighted by Crippen LogP contribution is 2.47. The summed E-state index contributed by atoms with van der Waals surface area (Å²) >= 11 is 1.88. The first-order valence-corrected chi connectivity index (χ1v) is 20.9. The number of aromatic nitrogens is 1. The van der Waals surface area contributed by atoms with Crippen molar-refractivity contribution in [3.05, 3.63) is 157 Å². The summed E-state index contributed by atoms with van der Waals surface area (Å²) in [6.45, 7) is 0. The fourth-order valence-electron chi connectivity index (χ4n) is 10.4. The van der Waals surface area contributed by atoms with Crippen molar-refractivity contribution in [2.75, 3.05) is 4.90 Å². The van der Waals surface area contributed by atoms with Crippen LogP contribution in [0.15, 0.2) is 152 Å². The van der Waals surface area contributed by atoms with E-state index in [0.717, 1.165) is 17.8 Å². The first-order valence-electron chi connectivity index (χ1n) is 20.1. The maximum atomic E-state index is 2.48. The summed E-state index contributed by atoms with van der Waals surface area (Å²) in [4.78, 5) is 2.48. The Kier molecular flexibility index (Phi) is 7.83. The second-order valence-corrected chi connectivity index (χ2v) is 17.1. The van der Waals surface area contributed by atoms with Crippen LogP contribution >= 0.6 is 11.3 Å². The summed E-state index contributed by atoms with van der Waals surface area (Å²) < 4.78 is 5.09. The molecule has 11 rings (SSSR count). The molecule has 0 spiro atoms. The van der Waals surface area contributed by atoms with Crippen LogP contribution in [-0.4, -0.2) is 4.57 Å². The standard InChI is InChI=1S/C51H44N2S/c1-2-12-39(13-3-1)53-47-16-8-6-15-44(47)51-45-32-41(26-22-36(45)23-28-48(51)53)52(42-27-29-50-46(33-42)43-14-7-9-17-49(43)54-50)40-24-19-34(20-25-40)18-21-38-31-35-10-4-5-11-37(38)30-35/h1-3,6-9,12-17,19-20,22-29,32-33,35,37-38H,4-5,10-11,18,21,30-31H2. The molecule has 0 aliphatic heterocycles. The van der Waals surface area contributed by atoms with Gasteiger partial charge in [0.05, 0.1) is 11.0 Å². The Balaban J connectivity index is 1.04. The van der Waals surface area contributed by atoms with Crippen molar-refractivity contribution in [2.24, 2.45) is 17.8 Å². The fourth-order valence-corrected chi connectivity index (χ4v) is 11.4. The van der Waals surface area contributed by atoms with Crippen LogP contribution in [0.3, 0.4) is 0 Å². The molecule has 3 atom stereocenters. The molecule has 0 N–H and O–H groups in total. The van der Waals surface area contributed by atoms with Gasteiger partial charge in [-0.15, -0.1) is 11.3 Å². The zero-order chi connectivity index (χ0) is 35.6. The summed E-state index contributed by atoms with van der Waals surface area (Å²) in [5.41, 5.74) is 8.67. The smallest absolute Gasteiger partial charge is 0.0547 e. The van der Waals surface area contributed by atoms with Crippen LogP contribution in [0.25, 0.3) is 58.4 Å². The minimum atomic E-state index is 0.918. The number of rotatable bonds is 7. The molecule has 2 nitrogen and oxygen atoms in total. The van der Waals surface area contributed by atoms with Gasteiger partial charge in [0.25, 0.3) is 0 Å². The molecule has 2 aliphatic rings. The van der Waals surface area contributed by atoms with E-state index in [4.69, 9.17) is 0 Å². The van der Waals surface area contributed by atoms with Crippen molar-refractivity contribution in [2.45, 2.75) is 51.4 Å². The number of anilines is 3. The van der Waals surface area contributed by atoms with E-state index in [2.05, 4.69) is 161 Å². The second kappa shape index (κ2) is 13.2. The van der Waals surface area contributed by atoms with E-state index in [1.807, 2.05) is 11.3 Å². The lowest BCUT2D eigenvalue weighted by molar-refractivity contribution is 0.328. The van der Waals surface area contributed by atoms with Gasteiger partial charge in [-0.1, -0.05) is 105 Å². The quantitative estimate of drug-likeness (QED) is 0.159. The summed E-state index contributed by atoms with van der Waals surface area (Å²) in [6, 6.07) is 56.8. The molecule has 2 aliphatic carbocycles. The van der Waals surface area contributed by atoms with E-state index in [-0.39, 0.29) is 0 Å². The first-order chi connectivity index (χ1) is 26.7. The Morgan fingerprint density at radius 2 is 1.26 bits per heavy atom. The predicted molar refractivity (Wildman–Crippen MR) is 232 cm³/mol. The maximum Gasteiger partial charge on any atom is 0.0547 e. The van der Waals surface area contributed by atoms with Crippen molar-refractivity contribution in [3.63, 3.8) is 0 Å². The maximum absolute atomic E-state index is 2.48. The lowest BCUT2D eigenvalue weighted by Crippen LogP contribution is -2.11. The van der Waals surface area contributed by atoms with Gasteiger partial charge in [-0.2, -0.15) is 0 Å². The van der Waals surface area contributed by atoms with Crippen molar-refractivity contribution in [3.8, 4) is 5.69 Å². The lowest BCUT2D eigenvalue weighted by Gasteiger charge is -2.26. The summed E-state index contributed by atoms with van der Waals surface area (Å²) in [5.74, 6) is 2.88. The minimum absolute atomic E-state index is 0.918. The number of benzene rings is 7. The van der Waals surface area contributed by atoms with Crippen LogP contribution in [0.5, 0.6) is 0 Å². The van der Waals surface area contributed by atoms with E-state index in [1.165, 1.54) is 132 Å². The predicted octanol–water partition coefficient (Wildman–Crippen LogP) is 14.9. The Bertz CT molecular complexity index is 2810. The lowest BCUT2D eigenvalue weighted by atomic mass is 9.86. The molecule has 0 saturated heterocycles. The van der Waals surface area contributed by atoms with Gasteiger partial charge < -0.3 is 9.47 Å². The molecule has 7 aromatic carbocycles. The molecule has 2 fully saturated rings. The topological polar surface area (TPSA) is 8.17 Å². The molecule has 3 heteroatoms. The number of nitrogens with zero attached hydrogens (tertiary/aromatic N) is 2. The molecule has 54 heavy (non-hydrogen) atoms. The highest BCUT2D eigenvalue weighted by atomic mass is 32.1. The van der Waals surface area contributed by atoms with Crippen molar-refractivity contribution in [1.29, 1.82) is 0 Å². The molecule has 264 valence electrons. The fraction of sp³-hybridized carbons (Fsp3) is 0.216. The third-order valence-electron chi connectivity index (χ3n) is 12.9. The van der Waals surface area contributed by atoms with Gasteiger partial charge in [-0.05, 0) is 133 Å². The van der Waals surface area contributed by atoms with Crippen LogP contribution in [0.2, 0.25) is 0 Å². The summed E-state index contributed by atoms with van der Waals surface area (Å²) in [7, 11) is 0. The average molecular weight is 717 g/mol. The van der Waals surface area contributed by atoms with E-state index in [0.29, 0.717) is 0 Å². The van der Waals surface area contributed by atoms with Gasteiger partial charge in [-0.3, -0.25) is 0 Å². The highest BCUT2D eigenvalue weighted by molar-refractivity contribution is 7.25. The second-order valence-electron chi connectivity index (χ2n) is 16.0. The van der Waals surface area contributed by atoms with Crippen LogP contribution in [0, 0.1) is 17.8 Å². The Labute approximate surface area is 321 Å². The third-order valence-corrected chi connectivity index (χ3v) is 14.1. The Hall–Kier alpha value is -5.38. The number of thiophene rings is 1. The minimum Gasteiger partial charge on any atom is -0.310 e. The normalized spacial score (nSPS) is 18.6. The molecule has 2 bridgehead atoms. The van der Waals surface area contributed by atoms with Crippen LogP contribution in [0.1, 0.15) is 50.5 Å². The van der Waals surface area contributed by atoms with E-state index >= 15 is 0 Å². The molecule has 2 heterocycles. The van der Waals surface area contributed by atoms with Crippen molar-refractivity contribution in [1.82, 2.24) is 4.57 Å². The van der Waals surface area contributed by atoms with E-state index in [1.54, 1.807) is 0 Å². The Morgan fingerprint density at radius 1 is 0.556 bits per heavy atom. The Morgan fingerprint density at radius 3 is 2.15 bits per heavy atom. The molecule has 2 saturated carbocycles. The molecule has 9 aromatic rings. The van der Waals surface area contributed by atoms with Gasteiger partial charge in [0.15, 0.2) is 0 Å². The van der Waals surface area contributed by atoms with E-state index in [9.17, 15) is 0 Å². The van der Waals surface area contributed by atoms with Gasteiger partial charge in [0.2, 0.25) is 0 Å². The van der Waals surface area contributed by atoms with Gasteiger partial charge in [-0.25, -0.2) is 0 Å². The van der Waals surface area contributed by atoms with E-state index < -0.39 is 0 Å². The monoisotopic (exact) mass is 716 g/mol. The largest absolute Gasteiger partial charge is 0.310 e. The molecule has 3 unspecified atom stereocenters. The van der Waals surface area contributed by atoms with Crippen molar-refractivity contribution < 1.29 is 0 Å². The van der Waals surface area contributed by atoms with Gasteiger partial charge in [0.1, 0.15) is 0 Å². The van der Waals surface area contributed by atoms with Gasteiger partial charge >= 0.3 is 0 Å². The number of aryl methyl sites for hydroxylation is 1. The zero-order valence-corrected chi connectivity index (χ0v) is 31.4. The molecule has 0 radical (unpaired) electrons. The zero-order valence-electron chi connectivity index (χ0n) is 30.6. The molecular formula is C51H44N2S. The van der Waals surface area contributed by atoms with Crippen LogP contribution in [-0.2, 0) is 6.42 Å². The van der Waals surface area contributed by atoms with Crippen LogP contribution in [0.4, 0.5) is 17.1 Å². The van der Waals surface area contributed by atoms with Crippen molar-refractivity contribution >= 4 is 81.1 Å². The molecule has 0 amide bonds. The molecular weight excluding hydrogens is 673 g/mol. The summed E-state index contributed by atoms with van der Waals surface area (Å²) in [5, 5.41) is 7.76.